The SMILES string of the molecule is CC(O)CNc1cc(Br)c(F)cc1F. The molecule has 14 heavy (non-hydrogen) atoms. The highest BCUT2D eigenvalue weighted by atomic mass is 79.9. The van der Waals surface area contributed by atoms with Crippen LogP contribution >= 0.6 is 15.9 Å². The van der Waals surface area contributed by atoms with Crippen LogP contribution in [0.3, 0.4) is 0 Å². The predicted molar refractivity (Wildman–Crippen MR) is 54.2 cm³/mol. The van der Waals surface area contributed by atoms with Crippen LogP contribution in [0.4, 0.5) is 14.5 Å². The van der Waals surface area contributed by atoms with E-state index in [2.05, 4.69) is 21.2 Å². The Hall–Kier alpha value is -0.680. The molecule has 0 bridgehead atoms. The average Bonchev–Trinajstić information content (AvgIpc) is 2.09. The van der Waals surface area contributed by atoms with Gasteiger partial charge in [0.1, 0.15) is 11.6 Å². The number of rotatable bonds is 3. The molecule has 2 N–H and O–H groups in total. The maximum atomic E-state index is 13.1. The Morgan fingerprint density at radius 3 is 2.64 bits per heavy atom. The van der Waals surface area contributed by atoms with E-state index >= 15 is 0 Å². The zero-order valence-electron chi connectivity index (χ0n) is 7.52. The normalized spacial score (nSPS) is 12.6. The van der Waals surface area contributed by atoms with Crippen LogP contribution in [0.1, 0.15) is 6.92 Å². The van der Waals surface area contributed by atoms with Crippen molar-refractivity contribution in [2.45, 2.75) is 13.0 Å². The second-order valence-corrected chi connectivity index (χ2v) is 3.83. The van der Waals surface area contributed by atoms with Crippen molar-refractivity contribution in [1.29, 1.82) is 0 Å². The number of aliphatic hydroxyl groups excluding tert-OH is 1. The van der Waals surface area contributed by atoms with Crippen molar-refractivity contribution in [1.82, 2.24) is 0 Å². The molecule has 0 amide bonds. The molecule has 1 atom stereocenters. The standard InChI is InChI=1S/C9H10BrF2NO/c1-5(14)4-13-9-2-6(10)7(11)3-8(9)12/h2-3,5,13-14H,4H2,1H3. The summed E-state index contributed by atoms with van der Waals surface area (Å²) in [5.74, 6) is -1.32. The summed E-state index contributed by atoms with van der Waals surface area (Å²) in [5, 5.41) is 11.6. The number of benzene rings is 1. The number of hydrogen-bond acceptors (Lipinski definition) is 2. The maximum Gasteiger partial charge on any atom is 0.149 e. The summed E-state index contributed by atoms with van der Waals surface area (Å²) >= 11 is 2.94. The lowest BCUT2D eigenvalue weighted by Crippen LogP contribution is -2.16. The van der Waals surface area contributed by atoms with Gasteiger partial charge in [-0.3, -0.25) is 0 Å². The molecule has 0 aliphatic heterocycles. The van der Waals surface area contributed by atoms with Crippen LogP contribution in [0.5, 0.6) is 0 Å². The average molecular weight is 266 g/mol. The van der Waals surface area contributed by atoms with Crippen LogP contribution in [0.2, 0.25) is 0 Å². The van der Waals surface area contributed by atoms with Crippen LogP contribution in [0.25, 0.3) is 0 Å². The Morgan fingerprint density at radius 2 is 2.07 bits per heavy atom. The predicted octanol–water partition coefficient (Wildman–Crippen LogP) is 2.52. The Kier molecular flexibility index (Phi) is 3.83. The zero-order chi connectivity index (χ0) is 10.7. The molecule has 78 valence electrons. The van der Waals surface area contributed by atoms with Gasteiger partial charge in [0.2, 0.25) is 0 Å². The van der Waals surface area contributed by atoms with Crippen molar-refractivity contribution in [2.24, 2.45) is 0 Å². The zero-order valence-corrected chi connectivity index (χ0v) is 9.11. The smallest absolute Gasteiger partial charge is 0.149 e. The van der Waals surface area contributed by atoms with E-state index in [9.17, 15) is 8.78 Å². The Morgan fingerprint density at radius 1 is 1.43 bits per heavy atom. The van der Waals surface area contributed by atoms with E-state index in [1.54, 1.807) is 6.92 Å². The minimum absolute atomic E-state index is 0.166. The van der Waals surface area contributed by atoms with Gasteiger partial charge in [-0.2, -0.15) is 0 Å². The van der Waals surface area contributed by atoms with Gasteiger partial charge < -0.3 is 10.4 Å². The molecule has 1 aromatic carbocycles. The Labute approximate surface area is 89.1 Å². The number of halogens is 3. The molecule has 0 heterocycles. The van der Waals surface area contributed by atoms with Gasteiger partial charge in [0, 0.05) is 12.6 Å². The van der Waals surface area contributed by atoms with Crippen molar-refractivity contribution in [2.75, 3.05) is 11.9 Å². The molecule has 0 saturated carbocycles. The van der Waals surface area contributed by atoms with Crippen LogP contribution in [-0.2, 0) is 0 Å². The van der Waals surface area contributed by atoms with E-state index in [4.69, 9.17) is 5.11 Å². The van der Waals surface area contributed by atoms with Gasteiger partial charge in [0.15, 0.2) is 0 Å². The quantitative estimate of drug-likeness (QED) is 0.824. The van der Waals surface area contributed by atoms with Crippen molar-refractivity contribution < 1.29 is 13.9 Å². The summed E-state index contributed by atoms with van der Waals surface area (Å²) < 4.78 is 26.1. The summed E-state index contributed by atoms with van der Waals surface area (Å²) in [6.45, 7) is 1.79. The van der Waals surface area contributed by atoms with Crippen molar-refractivity contribution >= 4 is 21.6 Å². The lowest BCUT2D eigenvalue weighted by atomic mass is 10.3. The molecule has 0 aliphatic carbocycles. The Bertz CT molecular complexity index is 331. The van der Waals surface area contributed by atoms with Crippen molar-refractivity contribution in [3.05, 3.63) is 28.2 Å². The largest absolute Gasteiger partial charge is 0.392 e. The topological polar surface area (TPSA) is 32.3 Å². The van der Waals surface area contributed by atoms with E-state index in [1.807, 2.05) is 0 Å². The second kappa shape index (κ2) is 4.70. The minimum Gasteiger partial charge on any atom is -0.392 e. The monoisotopic (exact) mass is 265 g/mol. The van der Waals surface area contributed by atoms with Crippen molar-refractivity contribution in [3.63, 3.8) is 0 Å². The molecule has 1 unspecified atom stereocenters. The van der Waals surface area contributed by atoms with Gasteiger partial charge in [-0.1, -0.05) is 0 Å². The van der Waals surface area contributed by atoms with Gasteiger partial charge in [-0.25, -0.2) is 8.78 Å². The van der Waals surface area contributed by atoms with Gasteiger partial charge in [0.05, 0.1) is 16.3 Å². The molecular formula is C9H10BrF2NO. The van der Waals surface area contributed by atoms with Gasteiger partial charge in [-0.15, -0.1) is 0 Å². The first-order valence-corrected chi connectivity index (χ1v) is 4.86. The maximum absolute atomic E-state index is 13.1. The summed E-state index contributed by atoms with van der Waals surface area (Å²) in [6.07, 6.45) is -0.585. The lowest BCUT2D eigenvalue weighted by Gasteiger charge is -2.09. The fourth-order valence-corrected chi connectivity index (χ4v) is 1.26. The molecule has 1 aromatic rings. The Balaban J connectivity index is 2.82. The second-order valence-electron chi connectivity index (χ2n) is 2.98. The molecular weight excluding hydrogens is 256 g/mol. The van der Waals surface area contributed by atoms with Gasteiger partial charge in [-0.05, 0) is 28.9 Å². The van der Waals surface area contributed by atoms with E-state index in [0.717, 1.165) is 6.07 Å². The molecule has 0 radical (unpaired) electrons. The molecule has 5 heteroatoms. The van der Waals surface area contributed by atoms with E-state index in [-0.39, 0.29) is 16.7 Å². The van der Waals surface area contributed by atoms with E-state index in [0.29, 0.717) is 0 Å². The van der Waals surface area contributed by atoms with E-state index in [1.165, 1.54) is 6.07 Å². The molecule has 0 saturated heterocycles. The number of hydrogen-bond donors (Lipinski definition) is 2. The first kappa shape index (κ1) is 11.4. The third-order valence-corrected chi connectivity index (χ3v) is 2.21. The van der Waals surface area contributed by atoms with Crippen LogP contribution < -0.4 is 5.32 Å². The molecule has 0 spiro atoms. The summed E-state index contributed by atoms with van der Waals surface area (Å²) in [5.41, 5.74) is 0.166. The fourth-order valence-electron chi connectivity index (χ4n) is 0.916. The summed E-state index contributed by atoms with van der Waals surface area (Å²) in [7, 11) is 0. The molecule has 1 rings (SSSR count). The lowest BCUT2D eigenvalue weighted by molar-refractivity contribution is 0.208. The first-order chi connectivity index (χ1) is 6.50. The molecule has 0 aromatic heterocycles. The third kappa shape index (κ3) is 2.92. The fraction of sp³-hybridized carbons (Fsp3) is 0.333. The van der Waals surface area contributed by atoms with Crippen LogP contribution in [0, 0.1) is 11.6 Å². The molecule has 2 nitrogen and oxygen atoms in total. The summed E-state index contributed by atoms with van der Waals surface area (Å²) in [4.78, 5) is 0. The van der Waals surface area contributed by atoms with Crippen molar-refractivity contribution in [3.8, 4) is 0 Å². The molecule has 0 aliphatic rings. The minimum atomic E-state index is -0.675. The van der Waals surface area contributed by atoms with Gasteiger partial charge in [0.25, 0.3) is 0 Å². The number of aliphatic hydroxyl groups is 1. The first-order valence-electron chi connectivity index (χ1n) is 4.07. The summed E-state index contributed by atoms with van der Waals surface area (Å²) in [6, 6.07) is 2.08. The van der Waals surface area contributed by atoms with Gasteiger partial charge >= 0.3 is 0 Å². The highest BCUT2D eigenvalue weighted by Gasteiger charge is 2.08. The third-order valence-electron chi connectivity index (χ3n) is 1.60. The van der Waals surface area contributed by atoms with E-state index < -0.39 is 17.7 Å². The molecule has 0 fully saturated rings. The number of nitrogens with one attached hydrogen (secondary N) is 1. The van der Waals surface area contributed by atoms with Crippen LogP contribution in [0.15, 0.2) is 16.6 Å². The highest BCUT2D eigenvalue weighted by Crippen LogP contribution is 2.23. The highest BCUT2D eigenvalue weighted by molar-refractivity contribution is 9.10. The van der Waals surface area contributed by atoms with Crippen LogP contribution in [-0.4, -0.2) is 17.8 Å². The number of anilines is 1.